The van der Waals surface area contributed by atoms with Crippen molar-refractivity contribution < 1.29 is 19.1 Å². The topological polar surface area (TPSA) is 114 Å². The predicted octanol–water partition coefficient (Wildman–Crippen LogP) is 0.0219. The Bertz CT molecular complexity index is 706. The molecule has 0 aromatic heterocycles. The highest BCUT2D eigenvalue weighted by Gasteiger charge is 2.46. The number of hydrogen-bond acceptors (Lipinski definition) is 5. The van der Waals surface area contributed by atoms with E-state index in [2.05, 4.69) is 10.6 Å². The van der Waals surface area contributed by atoms with Gasteiger partial charge in [0.15, 0.2) is 0 Å². The normalized spacial score (nSPS) is 24.4. The van der Waals surface area contributed by atoms with Crippen LogP contribution in [0.5, 0.6) is 5.75 Å². The van der Waals surface area contributed by atoms with Crippen molar-refractivity contribution in [3.8, 4) is 5.75 Å². The van der Waals surface area contributed by atoms with Crippen LogP contribution in [0.15, 0.2) is 24.3 Å². The van der Waals surface area contributed by atoms with Crippen molar-refractivity contribution in [1.82, 2.24) is 15.5 Å². The average molecular weight is 374 g/mol. The Balaban J connectivity index is 1.60. The Morgan fingerprint density at radius 3 is 2.70 bits per heavy atom. The minimum atomic E-state index is -0.510. The molecule has 8 heteroatoms. The highest BCUT2D eigenvalue weighted by atomic mass is 16.5. The van der Waals surface area contributed by atoms with Gasteiger partial charge in [-0.15, -0.1) is 0 Å². The van der Waals surface area contributed by atoms with Gasteiger partial charge in [-0.25, -0.2) is 0 Å². The van der Waals surface area contributed by atoms with Gasteiger partial charge in [0.1, 0.15) is 17.8 Å². The number of carbonyl (C=O) groups is 3. The minimum absolute atomic E-state index is 0.0715. The first-order valence-electron chi connectivity index (χ1n) is 9.29. The van der Waals surface area contributed by atoms with Gasteiger partial charge in [0.25, 0.3) is 5.91 Å². The highest BCUT2D eigenvalue weighted by molar-refractivity contribution is 5.98. The summed E-state index contributed by atoms with van der Waals surface area (Å²) in [6.45, 7) is 0.923. The number of carbonyl (C=O) groups excluding carboxylic acids is 3. The Labute approximate surface area is 158 Å². The van der Waals surface area contributed by atoms with E-state index in [4.69, 9.17) is 10.5 Å². The van der Waals surface area contributed by atoms with E-state index in [0.29, 0.717) is 37.2 Å². The van der Waals surface area contributed by atoms with Crippen LogP contribution in [-0.4, -0.2) is 60.9 Å². The molecule has 8 nitrogen and oxygen atoms in total. The molecule has 2 fully saturated rings. The number of nitrogens with two attached hydrogens (primary N) is 1. The van der Waals surface area contributed by atoms with Crippen LogP contribution in [0.4, 0.5) is 0 Å². The number of nitrogens with one attached hydrogen (secondary N) is 2. The van der Waals surface area contributed by atoms with Gasteiger partial charge in [0, 0.05) is 18.2 Å². The lowest BCUT2D eigenvalue weighted by Crippen LogP contribution is -2.61. The van der Waals surface area contributed by atoms with Crippen molar-refractivity contribution in [3.63, 3.8) is 0 Å². The number of piperazine rings is 1. The van der Waals surface area contributed by atoms with Gasteiger partial charge in [-0.3, -0.25) is 14.4 Å². The molecule has 146 valence electrons. The van der Waals surface area contributed by atoms with Crippen molar-refractivity contribution in [2.24, 2.45) is 5.73 Å². The van der Waals surface area contributed by atoms with Gasteiger partial charge in [-0.1, -0.05) is 0 Å². The fourth-order valence-electron chi connectivity index (χ4n) is 3.66. The van der Waals surface area contributed by atoms with Gasteiger partial charge in [-0.2, -0.15) is 0 Å². The van der Waals surface area contributed by atoms with Crippen LogP contribution in [0, 0.1) is 0 Å². The monoisotopic (exact) mass is 374 g/mol. The SMILES string of the molecule is COc1ccc(C(=O)N[C@H]2C[C@H]3C(=O)N[C@@H](CCCCN)C(=O)N3C2)cc1. The molecule has 1 aromatic rings. The molecule has 27 heavy (non-hydrogen) atoms. The van der Waals surface area contributed by atoms with E-state index in [9.17, 15) is 14.4 Å². The Morgan fingerprint density at radius 1 is 1.30 bits per heavy atom. The number of amides is 3. The van der Waals surface area contributed by atoms with Crippen LogP contribution in [0.3, 0.4) is 0 Å². The van der Waals surface area contributed by atoms with Gasteiger partial charge < -0.3 is 26.0 Å². The van der Waals surface area contributed by atoms with Crippen LogP contribution < -0.4 is 21.1 Å². The standard InChI is InChI=1S/C19H26N4O4/c1-27-14-7-5-12(6-8-14)17(24)21-13-10-16-18(25)22-15(4-2-3-9-20)19(26)23(16)11-13/h5-8,13,15-16H,2-4,9-11,20H2,1H3,(H,21,24)(H,22,25)/t13-,15-,16-/m0/s1. The first-order valence-corrected chi connectivity index (χ1v) is 9.29. The van der Waals surface area contributed by atoms with Crippen LogP contribution in [-0.2, 0) is 9.59 Å². The zero-order valence-corrected chi connectivity index (χ0v) is 15.4. The first kappa shape index (κ1) is 19.2. The summed E-state index contributed by atoms with van der Waals surface area (Å²) in [4.78, 5) is 39.1. The molecule has 2 aliphatic heterocycles. The molecular formula is C19H26N4O4. The second kappa shape index (κ2) is 8.39. The largest absolute Gasteiger partial charge is 0.497 e. The van der Waals surface area contributed by atoms with Gasteiger partial charge >= 0.3 is 0 Å². The fourth-order valence-corrected chi connectivity index (χ4v) is 3.66. The second-order valence-corrected chi connectivity index (χ2v) is 6.99. The van der Waals surface area contributed by atoms with E-state index in [1.54, 1.807) is 36.3 Å². The summed E-state index contributed by atoms with van der Waals surface area (Å²) in [5.74, 6) is 0.230. The van der Waals surface area contributed by atoms with Gasteiger partial charge in [-0.05, 0) is 56.5 Å². The quantitative estimate of drug-likeness (QED) is 0.583. The molecule has 1 aromatic carbocycles. The Hall–Kier alpha value is -2.61. The molecule has 3 atom stereocenters. The van der Waals surface area contributed by atoms with E-state index >= 15 is 0 Å². The van der Waals surface area contributed by atoms with Crippen LogP contribution in [0.25, 0.3) is 0 Å². The van der Waals surface area contributed by atoms with Crippen molar-refractivity contribution in [2.45, 2.75) is 43.8 Å². The molecule has 2 heterocycles. The number of methoxy groups -OCH3 is 1. The summed E-state index contributed by atoms with van der Waals surface area (Å²) in [5.41, 5.74) is 6.00. The van der Waals surface area contributed by atoms with E-state index in [1.807, 2.05) is 0 Å². The number of benzene rings is 1. The van der Waals surface area contributed by atoms with Crippen LogP contribution in [0.1, 0.15) is 36.0 Å². The first-order chi connectivity index (χ1) is 13.0. The minimum Gasteiger partial charge on any atom is -0.497 e. The third-order valence-corrected chi connectivity index (χ3v) is 5.14. The van der Waals surface area contributed by atoms with E-state index in [-0.39, 0.29) is 23.8 Å². The molecule has 4 N–H and O–H groups in total. The molecule has 0 spiro atoms. The molecule has 0 saturated carbocycles. The molecule has 0 radical (unpaired) electrons. The lowest BCUT2D eigenvalue weighted by molar-refractivity contribution is -0.147. The predicted molar refractivity (Wildman–Crippen MR) is 99.2 cm³/mol. The maximum atomic E-state index is 12.7. The number of unbranched alkanes of at least 4 members (excludes halogenated alkanes) is 1. The second-order valence-electron chi connectivity index (χ2n) is 6.99. The summed E-state index contributed by atoms with van der Waals surface area (Å²) in [7, 11) is 1.56. The van der Waals surface area contributed by atoms with Gasteiger partial charge in [0.05, 0.1) is 7.11 Å². The number of hydrogen-bond donors (Lipinski definition) is 3. The third kappa shape index (κ3) is 4.21. The highest BCUT2D eigenvalue weighted by Crippen LogP contribution is 2.24. The fraction of sp³-hybridized carbons (Fsp3) is 0.526. The van der Waals surface area contributed by atoms with E-state index in [1.165, 1.54) is 0 Å². The summed E-state index contributed by atoms with van der Waals surface area (Å²) in [5, 5.41) is 5.74. The molecule has 3 rings (SSSR count). The van der Waals surface area contributed by atoms with Crippen molar-refractivity contribution in [1.29, 1.82) is 0 Å². The van der Waals surface area contributed by atoms with Crippen LogP contribution in [0.2, 0.25) is 0 Å². The number of rotatable bonds is 7. The number of fused-ring (bicyclic) bond motifs is 1. The molecule has 2 aliphatic rings. The number of nitrogens with zero attached hydrogens (tertiary/aromatic N) is 1. The van der Waals surface area contributed by atoms with Crippen molar-refractivity contribution >= 4 is 17.7 Å². The lowest BCUT2D eigenvalue weighted by atomic mass is 10.0. The smallest absolute Gasteiger partial charge is 0.251 e. The maximum Gasteiger partial charge on any atom is 0.251 e. The Kier molecular flexibility index (Phi) is 5.95. The zero-order chi connectivity index (χ0) is 19.4. The van der Waals surface area contributed by atoms with Gasteiger partial charge in [0.2, 0.25) is 11.8 Å². The average Bonchev–Trinajstić information content (AvgIpc) is 3.10. The molecule has 0 aliphatic carbocycles. The van der Waals surface area contributed by atoms with Crippen LogP contribution >= 0.6 is 0 Å². The molecule has 0 unspecified atom stereocenters. The molecular weight excluding hydrogens is 348 g/mol. The zero-order valence-electron chi connectivity index (χ0n) is 15.4. The third-order valence-electron chi connectivity index (χ3n) is 5.14. The molecule has 2 saturated heterocycles. The molecule has 3 amide bonds. The Morgan fingerprint density at radius 2 is 2.04 bits per heavy atom. The summed E-state index contributed by atoms with van der Waals surface area (Å²) >= 11 is 0. The van der Waals surface area contributed by atoms with E-state index < -0.39 is 12.1 Å². The summed E-state index contributed by atoms with van der Waals surface area (Å²) < 4.78 is 5.09. The summed E-state index contributed by atoms with van der Waals surface area (Å²) in [6.07, 6.45) is 2.63. The molecule has 0 bridgehead atoms. The van der Waals surface area contributed by atoms with E-state index in [0.717, 1.165) is 12.8 Å². The number of ether oxygens (including phenoxy) is 1. The lowest BCUT2D eigenvalue weighted by Gasteiger charge is -2.34. The van der Waals surface area contributed by atoms with Crippen molar-refractivity contribution in [2.75, 3.05) is 20.2 Å². The summed E-state index contributed by atoms with van der Waals surface area (Å²) in [6, 6.07) is 5.55. The maximum absolute atomic E-state index is 12.7. The van der Waals surface area contributed by atoms with Crippen molar-refractivity contribution in [3.05, 3.63) is 29.8 Å².